The molecule has 0 spiro atoms. The van der Waals surface area contributed by atoms with Crippen molar-refractivity contribution in [3.05, 3.63) is 46.0 Å². The van der Waals surface area contributed by atoms with E-state index in [2.05, 4.69) is 0 Å². The van der Waals surface area contributed by atoms with E-state index >= 15 is 0 Å². The number of rotatable bonds is 3. The van der Waals surface area contributed by atoms with Crippen LogP contribution in [0.25, 0.3) is 0 Å². The lowest BCUT2D eigenvalue weighted by molar-refractivity contribution is -0.126. The van der Waals surface area contributed by atoms with Crippen LogP contribution in [0.4, 0.5) is 0 Å². The van der Waals surface area contributed by atoms with E-state index in [4.69, 9.17) is 16.9 Å². The Balaban J connectivity index is 2.11. The van der Waals surface area contributed by atoms with Crippen molar-refractivity contribution in [3.8, 4) is 6.07 Å². The largest absolute Gasteiger partial charge is 0.387 e. The smallest absolute Gasteiger partial charge is 0.237 e. The average Bonchev–Trinajstić information content (AvgIpc) is 2.73. The Kier molecular flexibility index (Phi) is 4.48. The van der Waals surface area contributed by atoms with E-state index in [-0.39, 0.29) is 12.5 Å². The van der Waals surface area contributed by atoms with Gasteiger partial charge in [0.15, 0.2) is 0 Å². The lowest BCUT2D eigenvalue weighted by Gasteiger charge is -2.20. The highest BCUT2D eigenvalue weighted by molar-refractivity contribution is 8.04. The SMILES string of the molecule is N#C/C=C1/SCC(=O)N1C[C@@H](O)c1ccc(Cl)cc1. The highest BCUT2D eigenvalue weighted by Crippen LogP contribution is 2.30. The van der Waals surface area contributed by atoms with Crippen molar-refractivity contribution in [2.75, 3.05) is 12.3 Å². The molecule has 1 saturated heterocycles. The van der Waals surface area contributed by atoms with Crippen LogP contribution in [0.1, 0.15) is 11.7 Å². The molecule has 0 unspecified atom stereocenters. The molecule has 4 nitrogen and oxygen atoms in total. The standard InChI is InChI=1S/C13H11ClN2O2S/c14-10-3-1-9(2-4-10)11(17)7-16-12(18)8-19-13(16)5-6-15/h1-5,11,17H,7-8H2/b13-5+/t11-/m1/s1. The number of aliphatic hydroxyl groups is 1. The fourth-order valence-electron chi connectivity index (χ4n) is 1.74. The van der Waals surface area contributed by atoms with Gasteiger partial charge in [0, 0.05) is 11.1 Å². The van der Waals surface area contributed by atoms with E-state index in [0.29, 0.717) is 21.4 Å². The number of nitrogens with zero attached hydrogens (tertiary/aromatic N) is 2. The Hall–Kier alpha value is -1.48. The maximum absolute atomic E-state index is 11.7. The maximum atomic E-state index is 11.7. The molecule has 1 aliphatic heterocycles. The first-order chi connectivity index (χ1) is 9.11. The zero-order valence-corrected chi connectivity index (χ0v) is 11.5. The molecule has 1 amide bonds. The van der Waals surface area contributed by atoms with Crippen molar-refractivity contribution in [2.45, 2.75) is 6.10 Å². The lowest BCUT2D eigenvalue weighted by atomic mass is 10.1. The number of aliphatic hydroxyl groups excluding tert-OH is 1. The van der Waals surface area contributed by atoms with Crippen LogP contribution >= 0.6 is 23.4 Å². The number of carbonyl (C=O) groups excluding carboxylic acids is 1. The Morgan fingerprint density at radius 2 is 2.21 bits per heavy atom. The highest BCUT2D eigenvalue weighted by Gasteiger charge is 2.28. The number of allylic oxidation sites excluding steroid dienone is 1. The second-order valence-electron chi connectivity index (χ2n) is 3.97. The van der Waals surface area contributed by atoms with Crippen LogP contribution in [0.3, 0.4) is 0 Å². The van der Waals surface area contributed by atoms with Crippen molar-refractivity contribution in [1.82, 2.24) is 4.90 Å². The van der Waals surface area contributed by atoms with Crippen LogP contribution < -0.4 is 0 Å². The molecule has 19 heavy (non-hydrogen) atoms. The molecule has 1 atom stereocenters. The fraction of sp³-hybridized carbons (Fsp3) is 0.231. The van der Waals surface area contributed by atoms with Crippen LogP contribution in [0, 0.1) is 11.3 Å². The molecule has 0 aromatic heterocycles. The molecule has 0 bridgehead atoms. The van der Waals surface area contributed by atoms with Crippen molar-refractivity contribution in [3.63, 3.8) is 0 Å². The van der Waals surface area contributed by atoms with Crippen molar-refractivity contribution < 1.29 is 9.90 Å². The molecular weight excluding hydrogens is 284 g/mol. The first-order valence-electron chi connectivity index (χ1n) is 5.58. The van der Waals surface area contributed by atoms with Gasteiger partial charge in [-0.15, -0.1) is 0 Å². The first kappa shape index (κ1) is 13.9. The Bertz CT molecular complexity index is 551. The summed E-state index contributed by atoms with van der Waals surface area (Å²) in [5.74, 6) is 0.209. The molecular formula is C13H11ClN2O2S. The van der Waals surface area contributed by atoms with E-state index < -0.39 is 6.10 Å². The number of nitriles is 1. The van der Waals surface area contributed by atoms with E-state index in [1.807, 2.05) is 6.07 Å². The summed E-state index contributed by atoms with van der Waals surface area (Å²) in [6.07, 6.45) is 0.520. The molecule has 98 valence electrons. The molecule has 1 fully saturated rings. The summed E-state index contributed by atoms with van der Waals surface area (Å²) in [6.45, 7) is 0.140. The van der Waals surface area contributed by atoms with Crippen LogP contribution in [-0.4, -0.2) is 28.2 Å². The quantitative estimate of drug-likeness (QED) is 0.869. The van der Waals surface area contributed by atoms with E-state index in [9.17, 15) is 9.90 Å². The zero-order valence-electron chi connectivity index (χ0n) is 9.91. The van der Waals surface area contributed by atoms with E-state index in [0.717, 1.165) is 0 Å². The number of hydrogen-bond acceptors (Lipinski definition) is 4. The summed E-state index contributed by atoms with van der Waals surface area (Å²) in [6, 6.07) is 8.71. The van der Waals surface area contributed by atoms with Gasteiger partial charge in [-0.3, -0.25) is 4.79 Å². The predicted octanol–water partition coefficient (Wildman–Crippen LogP) is 2.31. The van der Waals surface area contributed by atoms with Gasteiger partial charge in [0.05, 0.1) is 29.5 Å². The molecule has 1 N–H and O–H groups in total. The molecule has 6 heteroatoms. The summed E-state index contributed by atoms with van der Waals surface area (Å²) >= 11 is 7.09. The predicted molar refractivity (Wildman–Crippen MR) is 74.3 cm³/mol. The van der Waals surface area contributed by atoms with Gasteiger partial charge in [0.2, 0.25) is 5.91 Å². The molecule has 2 rings (SSSR count). The van der Waals surface area contributed by atoms with Crippen LogP contribution in [0.15, 0.2) is 35.4 Å². The van der Waals surface area contributed by atoms with Gasteiger partial charge in [-0.1, -0.05) is 35.5 Å². The first-order valence-corrected chi connectivity index (χ1v) is 6.94. The molecule has 1 aliphatic rings. The van der Waals surface area contributed by atoms with Gasteiger partial charge in [0.25, 0.3) is 0 Å². The number of benzene rings is 1. The highest BCUT2D eigenvalue weighted by atomic mass is 35.5. The third kappa shape index (κ3) is 3.29. The van der Waals surface area contributed by atoms with Crippen molar-refractivity contribution >= 4 is 29.3 Å². The van der Waals surface area contributed by atoms with Gasteiger partial charge in [-0.2, -0.15) is 5.26 Å². The van der Waals surface area contributed by atoms with Gasteiger partial charge in [-0.05, 0) is 17.7 Å². The summed E-state index contributed by atoms with van der Waals surface area (Å²) in [5.41, 5.74) is 0.686. The molecule has 1 heterocycles. The van der Waals surface area contributed by atoms with Crippen LogP contribution in [0.5, 0.6) is 0 Å². The molecule has 0 saturated carbocycles. The topological polar surface area (TPSA) is 64.3 Å². The minimum absolute atomic E-state index is 0.0977. The summed E-state index contributed by atoms with van der Waals surface area (Å²) in [5, 5.41) is 20.0. The third-order valence-electron chi connectivity index (χ3n) is 2.71. The van der Waals surface area contributed by atoms with Gasteiger partial charge in [0.1, 0.15) is 0 Å². The van der Waals surface area contributed by atoms with Gasteiger partial charge in [-0.25, -0.2) is 0 Å². The Morgan fingerprint density at radius 3 is 2.84 bits per heavy atom. The number of hydrogen-bond donors (Lipinski definition) is 1. The number of halogens is 1. The number of β-amino-alcohol motifs (C(OH)–C–C–N with tert-alkyl or cyclic N) is 1. The Labute approximate surface area is 120 Å². The minimum Gasteiger partial charge on any atom is -0.387 e. The van der Waals surface area contributed by atoms with Gasteiger partial charge >= 0.3 is 0 Å². The lowest BCUT2D eigenvalue weighted by Crippen LogP contribution is -2.29. The molecule has 0 aliphatic carbocycles. The zero-order chi connectivity index (χ0) is 13.8. The maximum Gasteiger partial charge on any atom is 0.237 e. The second kappa shape index (κ2) is 6.11. The Morgan fingerprint density at radius 1 is 1.53 bits per heavy atom. The fourth-order valence-corrected chi connectivity index (χ4v) is 2.77. The number of amides is 1. The summed E-state index contributed by atoms with van der Waals surface area (Å²) < 4.78 is 0. The number of carbonyl (C=O) groups is 1. The van der Waals surface area contributed by atoms with Crippen LogP contribution in [-0.2, 0) is 4.79 Å². The van der Waals surface area contributed by atoms with E-state index in [1.54, 1.807) is 24.3 Å². The van der Waals surface area contributed by atoms with Gasteiger partial charge < -0.3 is 10.0 Å². The summed E-state index contributed by atoms with van der Waals surface area (Å²) in [4.78, 5) is 13.1. The second-order valence-corrected chi connectivity index (χ2v) is 5.40. The number of thioether (sulfide) groups is 1. The normalized spacial score (nSPS) is 18.7. The molecule has 1 aromatic rings. The average molecular weight is 295 g/mol. The third-order valence-corrected chi connectivity index (χ3v) is 3.99. The molecule has 0 radical (unpaired) electrons. The molecule has 1 aromatic carbocycles. The van der Waals surface area contributed by atoms with E-state index in [1.165, 1.54) is 22.7 Å². The summed E-state index contributed by atoms with van der Waals surface area (Å²) in [7, 11) is 0. The van der Waals surface area contributed by atoms with Crippen molar-refractivity contribution in [2.24, 2.45) is 0 Å². The van der Waals surface area contributed by atoms with Crippen LogP contribution in [0.2, 0.25) is 5.02 Å². The monoisotopic (exact) mass is 294 g/mol. The minimum atomic E-state index is -0.804. The van der Waals surface area contributed by atoms with Crippen molar-refractivity contribution in [1.29, 1.82) is 5.26 Å².